The second-order valence-electron chi connectivity index (χ2n) is 5.12. The average molecular weight is 263 g/mol. The van der Waals surface area contributed by atoms with Crippen LogP contribution >= 0.6 is 0 Å². The summed E-state index contributed by atoms with van der Waals surface area (Å²) in [5.41, 5.74) is 0. The number of hydrogen-bond acceptors (Lipinski definition) is 4. The van der Waals surface area contributed by atoms with Crippen LogP contribution in [0.4, 0.5) is 5.82 Å². The van der Waals surface area contributed by atoms with Crippen molar-refractivity contribution in [2.45, 2.75) is 64.9 Å². The summed E-state index contributed by atoms with van der Waals surface area (Å²) >= 11 is 0. The highest BCUT2D eigenvalue weighted by Crippen LogP contribution is 2.23. The lowest BCUT2D eigenvalue weighted by Gasteiger charge is -2.17. The molecular formula is C15H25N3O. The zero-order valence-electron chi connectivity index (χ0n) is 12.1. The minimum Gasteiger partial charge on any atom is -0.474 e. The van der Waals surface area contributed by atoms with Gasteiger partial charge < -0.3 is 10.1 Å². The molecule has 0 radical (unpaired) electrons. The minimum atomic E-state index is 0.330. The van der Waals surface area contributed by atoms with Gasteiger partial charge in [-0.2, -0.15) is 4.98 Å². The molecule has 4 nitrogen and oxygen atoms in total. The number of hydrogen-bond donors (Lipinski definition) is 1. The summed E-state index contributed by atoms with van der Waals surface area (Å²) in [4.78, 5) is 8.94. The Morgan fingerprint density at radius 2 is 1.89 bits per heavy atom. The molecule has 0 aromatic carbocycles. The minimum absolute atomic E-state index is 0.330. The fourth-order valence-electron chi connectivity index (χ4n) is 2.49. The van der Waals surface area contributed by atoms with Crippen molar-refractivity contribution in [3.8, 4) is 5.88 Å². The van der Waals surface area contributed by atoms with Gasteiger partial charge in [0.25, 0.3) is 0 Å². The van der Waals surface area contributed by atoms with E-state index in [9.17, 15) is 0 Å². The van der Waals surface area contributed by atoms with Gasteiger partial charge in [-0.3, -0.25) is 0 Å². The summed E-state index contributed by atoms with van der Waals surface area (Å²) in [6, 6.07) is 1.92. The lowest BCUT2D eigenvalue weighted by atomic mass is 10.1. The smallest absolute Gasteiger partial charge is 0.218 e. The Morgan fingerprint density at radius 1 is 1.16 bits per heavy atom. The Morgan fingerprint density at radius 3 is 2.53 bits per heavy atom. The van der Waals surface area contributed by atoms with Gasteiger partial charge in [0.2, 0.25) is 5.88 Å². The predicted molar refractivity (Wildman–Crippen MR) is 77.7 cm³/mol. The third-order valence-corrected chi connectivity index (χ3v) is 3.51. The van der Waals surface area contributed by atoms with Crippen molar-refractivity contribution in [3.63, 3.8) is 0 Å². The van der Waals surface area contributed by atoms with Crippen LogP contribution in [0.5, 0.6) is 5.88 Å². The summed E-state index contributed by atoms with van der Waals surface area (Å²) < 4.78 is 6.07. The van der Waals surface area contributed by atoms with Gasteiger partial charge in [0, 0.05) is 19.0 Å². The first-order valence-electron chi connectivity index (χ1n) is 7.60. The van der Waals surface area contributed by atoms with E-state index in [1.54, 1.807) is 0 Å². The van der Waals surface area contributed by atoms with Gasteiger partial charge in [-0.25, -0.2) is 4.98 Å². The van der Waals surface area contributed by atoms with E-state index in [0.717, 1.165) is 43.3 Å². The first-order valence-corrected chi connectivity index (χ1v) is 7.60. The maximum Gasteiger partial charge on any atom is 0.218 e. The molecule has 0 atom stereocenters. The molecule has 2 rings (SSSR count). The molecule has 0 unspecified atom stereocenters. The second kappa shape index (κ2) is 7.31. The summed E-state index contributed by atoms with van der Waals surface area (Å²) in [5, 5.41) is 3.24. The normalized spacial score (nSPS) is 16.9. The molecule has 0 saturated heterocycles. The fraction of sp³-hybridized carbons (Fsp3) is 0.733. The van der Waals surface area contributed by atoms with Crippen LogP contribution in [-0.2, 0) is 6.42 Å². The van der Waals surface area contributed by atoms with E-state index in [0.29, 0.717) is 6.10 Å². The Hall–Kier alpha value is -1.32. The van der Waals surface area contributed by atoms with E-state index < -0.39 is 0 Å². The molecule has 1 fully saturated rings. The zero-order valence-corrected chi connectivity index (χ0v) is 12.1. The Kier molecular flexibility index (Phi) is 5.43. The molecule has 0 spiro atoms. The van der Waals surface area contributed by atoms with Crippen LogP contribution in [0.25, 0.3) is 0 Å². The van der Waals surface area contributed by atoms with Crippen molar-refractivity contribution in [2.75, 3.05) is 11.9 Å². The zero-order chi connectivity index (χ0) is 13.5. The highest BCUT2D eigenvalue weighted by Gasteiger charge is 2.15. The van der Waals surface area contributed by atoms with E-state index in [-0.39, 0.29) is 0 Å². The van der Waals surface area contributed by atoms with Crippen molar-refractivity contribution in [1.82, 2.24) is 9.97 Å². The first kappa shape index (κ1) is 14.1. The summed E-state index contributed by atoms with van der Waals surface area (Å²) in [6.45, 7) is 5.00. The molecule has 1 N–H and O–H groups in total. The number of nitrogens with zero attached hydrogens (tertiary/aromatic N) is 2. The topological polar surface area (TPSA) is 47.0 Å². The molecule has 1 aliphatic carbocycles. The highest BCUT2D eigenvalue weighted by atomic mass is 16.5. The maximum absolute atomic E-state index is 6.07. The van der Waals surface area contributed by atoms with E-state index in [2.05, 4.69) is 29.1 Å². The quantitative estimate of drug-likeness (QED) is 0.825. The first-order chi connectivity index (χ1) is 9.31. The van der Waals surface area contributed by atoms with Crippen molar-refractivity contribution < 1.29 is 4.74 Å². The van der Waals surface area contributed by atoms with Crippen molar-refractivity contribution in [2.24, 2.45) is 0 Å². The van der Waals surface area contributed by atoms with Crippen LogP contribution in [0.3, 0.4) is 0 Å². The van der Waals surface area contributed by atoms with Gasteiger partial charge in [-0.15, -0.1) is 0 Å². The largest absolute Gasteiger partial charge is 0.474 e. The van der Waals surface area contributed by atoms with Crippen LogP contribution in [0.2, 0.25) is 0 Å². The lowest BCUT2D eigenvalue weighted by Crippen LogP contribution is -2.17. The SMILES string of the molecule is CCNc1cc(OC2CCCCCC2)nc(CC)n1. The van der Waals surface area contributed by atoms with Gasteiger partial charge in [0.1, 0.15) is 17.7 Å². The van der Waals surface area contributed by atoms with Crippen LogP contribution in [0.15, 0.2) is 6.07 Å². The molecule has 0 bridgehead atoms. The van der Waals surface area contributed by atoms with E-state index in [1.807, 2.05) is 6.07 Å². The monoisotopic (exact) mass is 263 g/mol. The standard InChI is InChI=1S/C15H25N3O/c1-3-13-17-14(16-4-2)11-15(18-13)19-12-9-7-5-6-8-10-12/h11-12H,3-10H2,1-2H3,(H,16,17,18). The van der Waals surface area contributed by atoms with E-state index in [1.165, 1.54) is 25.7 Å². The molecule has 0 aliphatic heterocycles. The number of aromatic nitrogens is 2. The Balaban J connectivity index is 2.06. The summed E-state index contributed by atoms with van der Waals surface area (Å²) in [7, 11) is 0. The molecule has 0 amide bonds. The van der Waals surface area contributed by atoms with Crippen LogP contribution in [-0.4, -0.2) is 22.6 Å². The van der Waals surface area contributed by atoms with Gasteiger partial charge >= 0.3 is 0 Å². The van der Waals surface area contributed by atoms with Gasteiger partial charge in [-0.05, 0) is 32.6 Å². The molecular weight excluding hydrogens is 238 g/mol. The average Bonchev–Trinajstić information content (AvgIpc) is 2.67. The highest BCUT2D eigenvalue weighted by molar-refractivity contribution is 5.38. The molecule has 1 heterocycles. The van der Waals surface area contributed by atoms with Crippen molar-refractivity contribution in [3.05, 3.63) is 11.9 Å². The van der Waals surface area contributed by atoms with Gasteiger partial charge in [0.15, 0.2) is 0 Å². The summed E-state index contributed by atoms with van der Waals surface area (Å²) in [5.74, 6) is 2.45. The molecule has 19 heavy (non-hydrogen) atoms. The third-order valence-electron chi connectivity index (χ3n) is 3.51. The predicted octanol–water partition coefficient (Wildman–Crippen LogP) is 3.57. The second-order valence-corrected chi connectivity index (χ2v) is 5.12. The van der Waals surface area contributed by atoms with Gasteiger partial charge in [-0.1, -0.05) is 19.8 Å². The van der Waals surface area contributed by atoms with Crippen molar-refractivity contribution >= 4 is 5.82 Å². The maximum atomic E-state index is 6.07. The van der Waals surface area contributed by atoms with E-state index in [4.69, 9.17) is 4.74 Å². The van der Waals surface area contributed by atoms with Crippen LogP contribution in [0.1, 0.15) is 58.2 Å². The molecule has 1 aromatic rings. The lowest BCUT2D eigenvalue weighted by molar-refractivity contribution is 0.175. The van der Waals surface area contributed by atoms with Crippen molar-refractivity contribution in [1.29, 1.82) is 0 Å². The Bertz CT molecular complexity index is 387. The molecule has 106 valence electrons. The van der Waals surface area contributed by atoms with Crippen LogP contribution < -0.4 is 10.1 Å². The molecule has 1 saturated carbocycles. The van der Waals surface area contributed by atoms with Crippen LogP contribution in [0, 0.1) is 0 Å². The number of ether oxygens (including phenoxy) is 1. The fourth-order valence-corrected chi connectivity index (χ4v) is 2.49. The number of nitrogens with one attached hydrogen (secondary N) is 1. The van der Waals surface area contributed by atoms with Gasteiger partial charge in [0.05, 0.1) is 0 Å². The molecule has 4 heteroatoms. The van der Waals surface area contributed by atoms with E-state index >= 15 is 0 Å². The summed E-state index contributed by atoms with van der Waals surface area (Å²) in [6.07, 6.45) is 8.70. The number of rotatable bonds is 5. The number of anilines is 1. The molecule has 1 aliphatic rings. The molecule has 1 aromatic heterocycles. The number of aryl methyl sites for hydroxylation is 1. The third kappa shape index (κ3) is 4.37. The Labute approximate surface area is 116 Å².